The van der Waals surface area contributed by atoms with E-state index < -0.39 is 6.10 Å². The Bertz CT molecular complexity index is 1170. The lowest BCUT2D eigenvalue weighted by Gasteiger charge is -2.18. The summed E-state index contributed by atoms with van der Waals surface area (Å²) in [4.78, 5) is 37.8. The molecule has 0 aliphatic carbocycles. The smallest absolute Gasteiger partial charge is 0.306 e. The predicted octanol–water partition coefficient (Wildman–Crippen LogP) is 15.6. The third-order valence-corrected chi connectivity index (χ3v) is 10.1. The Morgan fingerprint density at radius 2 is 0.661 bits per heavy atom. The Morgan fingerprint density at radius 1 is 0.356 bits per heavy atom. The van der Waals surface area contributed by atoms with Crippen LogP contribution in [0.2, 0.25) is 0 Å². The Labute approximate surface area is 363 Å². The molecule has 59 heavy (non-hydrogen) atoms. The summed E-state index contributed by atoms with van der Waals surface area (Å²) in [6, 6.07) is 0. The minimum Gasteiger partial charge on any atom is -0.462 e. The van der Waals surface area contributed by atoms with E-state index in [1.807, 2.05) is 72.9 Å². The largest absolute Gasteiger partial charge is 0.462 e. The normalized spacial score (nSPS) is 12.8. The van der Waals surface area contributed by atoms with Crippen molar-refractivity contribution >= 4 is 17.9 Å². The first kappa shape index (κ1) is 55.6. The maximum absolute atomic E-state index is 12.7. The summed E-state index contributed by atoms with van der Waals surface area (Å²) in [5, 5.41) is 0. The zero-order chi connectivity index (χ0) is 43.0. The Morgan fingerprint density at radius 3 is 1.03 bits per heavy atom. The van der Waals surface area contributed by atoms with Crippen LogP contribution in [0, 0.1) is 0 Å². The van der Waals surface area contributed by atoms with Gasteiger partial charge in [-0.05, 0) is 38.5 Å². The Hall–Kier alpha value is -3.41. The Balaban J connectivity index is 4.45. The van der Waals surface area contributed by atoms with Gasteiger partial charge >= 0.3 is 17.9 Å². The quantitative estimate of drug-likeness (QED) is 0.0264. The fourth-order valence-electron chi connectivity index (χ4n) is 6.48. The van der Waals surface area contributed by atoms with Crippen molar-refractivity contribution in [1.82, 2.24) is 0 Å². The first-order chi connectivity index (χ1) is 29.0. The van der Waals surface area contributed by atoms with Crippen molar-refractivity contribution < 1.29 is 28.6 Å². The van der Waals surface area contributed by atoms with E-state index in [2.05, 4.69) is 32.9 Å². The van der Waals surface area contributed by atoms with Crippen LogP contribution in [-0.4, -0.2) is 37.2 Å². The monoisotopic (exact) mass is 821 g/mol. The second kappa shape index (κ2) is 47.3. The van der Waals surface area contributed by atoms with Gasteiger partial charge in [0.1, 0.15) is 13.2 Å². The number of hydrogen-bond acceptors (Lipinski definition) is 6. The Kier molecular flexibility index (Phi) is 44.5. The summed E-state index contributed by atoms with van der Waals surface area (Å²) in [7, 11) is 0. The zero-order valence-electron chi connectivity index (χ0n) is 38.2. The van der Waals surface area contributed by atoms with E-state index in [1.54, 1.807) is 0 Å². The summed E-state index contributed by atoms with van der Waals surface area (Å²) in [6.07, 6.45) is 59.9. The average Bonchev–Trinajstić information content (AvgIpc) is 3.23. The van der Waals surface area contributed by atoms with E-state index in [1.165, 1.54) is 103 Å². The fourth-order valence-corrected chi connectivity index (χ4v) is 6.48. The lowest BCUT2D eigenvalue weighted by molar-refractivity contribution is -0.167. The van der Waals surface area contributed by atoms with E-state index in [9.17, 15) is 14.4 Å². The summed E-state index contributed by atoms with van der Waals surface area (Å²) in [5.41, 5.74) is 0. The number of rotatable bonds is 42. The molecule has 0 aliphatic heterocycles. The number of esters is 3. The second-order valence-electron chi connectivity index (χ2n) is 15.8. The number of unbranched alkanes of at least 4 members (excludes halogenated alkanes) is 23. The highest BCUT2D eigenvalue weighted by molar-refractivity contribution is 5.71. The van der Waals surface area contributed by atoms with Crippen LogP contribution in [0.25, 0.3) is 0 Å². The maximum atomic E-state index is 12.7. The van der Waals surface area contributed by atoms with Crippen LogP contribution in [0.15, 0.2) is 85.1 Å². The molecular weight excluding hydrogens is 733 g/mol. The topological polar surface area (TPSA) is 78.9 Å². The molecule has 0 fully saturated rings. The molecule has 0 aromatic carbocycles. The van der Waals surface area contributed by atoms with Crippen LogP contribution >= 0.6 is 0 Å². The molecule has 0 heterocycles. The third-order valence-electron chi connectivity index (χ3n) is 10.1. The van der Waals surface area contributed by atoms with Crippen molar-refractivity contribution in [2.75, 3.05) is 13.2 Å². The highest BCUT2D eigenvalue weighted by atomic mass is 16.6. The van der Waals surface area contributed by atoms with Gasteiger partial charge in [0.15, 0.2) is 6.10 Å². The van der Waals surface area contributed by atoms with E-state index in [4.69, 9.17) is 14.2 Å². The minimum atomic E-state index is -0.790. The molecule has 0 bridgehead atoms. The van der Waals surface area contributed by atoms with Crippen molar-refractivity contribution in [2.45, 2.75) is 219 Å². The van der Waals surface area contributed by atoms with Gasteiger partial charge in [-0.25, -0.2) is 0 Å². The second-order valence-corrected chi connectivity index (χ2v) is 15.8. The highest BCUT2D eigenvalue weighted by Gasteiger charge is 2.19. The SMILES string of the molecule is CC\C=C/C=C\C=C/C=C\C=C\C=C/C=C\CCCCCC(=O)OCC(COC(=O)CCCCCCCCCCC)OC(=O)CCCCCCCCCCCCCCC. The zero-order valence-corrected chi connectivity index (χ0v) is 38.2. The molecule has 336 valence electrons. The minimum absolute atomic E-state index is 0.0895. The van der Waals surface area contributed by atoms with Crippen LogP contribution in [0.5, 0.6) is 0 Å². The van der Waals surface area contributed by atoms with Gasteiger partial charge in [0, 0.05) is 19.3 Å². The number of carbonyl (C=O) groups is 3. The summed E-state index contributed by atoms with van der Waals surface area (Å²) < 4.78 is 16.7. The number of hydrogen-bond donors (Lipinski definition) is 0. The van der Waals surface area contributed by atoms with E-state index in [-0.39, 0.29) is 31.1 Å². The number of carbonyl (C=O) groups excluding carboxylic acids is 3. The molecule has 0 aliphatic rings. The van der Waals surface area contributed by atoms with Gasteiger partial charge in [-0.3, -0.25) is 14.4 Å². The van der Waals surface area contributed by atoms with Crippen LogP contribution in [0.1, 0.15) is 213 Å². The molecule has 0 saturated heterocycles. The molecule has 0 radical (unpaired) electrons. The molecule has 1 atom stereocenters. The molecule has 0 aromatic rings. The highest BCUT2D eigenvalue weighted by Crippen LogP contribution is 2.15. The fraction of sp³-hybridized carbons (Fsp3) is 0.679. The van der Waals surface area contributed by atoms with Crippen molar-refractivity contribution in [2.24, 2.45) is 0 Å². The van der Waals surface area contributed by atoms with Crippen LogP contribution in [0.3, 0.4) is 0 Å². The van der Waals surface area contributed by atoms with Gasteiger partial charge < -0.3 is 14.2 Å². The summed E-state index contributed by atoms with van der Waals surface area (Å²) in [5.74, 6) is -0.941. The molecule has 6 nitrogen and oxygen atoms in total. The number of ether oxygens (including phenoxy) is 3. The molecule has 0 spiro atoms. The number of allylic oxidation sites excluding steroid dienone is 14. The molecule has 0 amide bonds. The molecular formula is C53H88O6. The standard InChI is InChI=1S/C53H88O6/c1-4-7-10-13-16-19-21-23-24-25-26-27-28-30-31-34-37-40-43-46-52(55)58-49-50(48-57-51(54)45-42-39-36-33-18-15-12-9-6-3)59-53(56)47-44-41-38-35-32-29-22-20-17-14-11-8-5-2/h7,10,13,16,19,21,23-28,30-31,50H,4-6,8-9,11-12,14-15,17-18,20,22,29,32-49H2,1-3H3/b10-7-,16-13-,21-19-,24-23-,26-25+,28-27-,31-30-. The molecule has 0 rings (SSSR count). The van der Waals surface area contributed by atoms with Crippen LogP contribution in [-0.2, 0) is 28.6 Å². The van der Waals surface area contributed by atoms with Crippen molar-refractivity contribution in [3.05, 3.63) is 85.1 Å². The third kappa shape index (κ3) is 45.5. The molecule has 0 aromatic heterocycles. The lowest BCUT2D eigenvalue weighted by atomic mass is 10.0. The average molecular weight is 821 g/mol. The molecule has 0 N–H and O–H groups in total. The van der Waals surface area contributed by atoms with Gasteiger partial charge in [-0.15, -0.1) is 0 Å². The van der Waals surface area contributed by atoms with Gasteiger partial charge in [0.05, 0.1) is 0 Å². The van der Waals surface area contributed by atoms with E-state index in [0.717, 1.165) is 70.6 Å². The summed E-state index contributed by atoms with van der Waals surface area (Å²) in [6.45, 7) is 6.42. The molecule has 0 saturated carbocycles. The summed E-state index contributed by atoms with van der Waals surface area (Å²) >= 11 is 0. The first-order valence-corrected chi connectivity index (χ1v) is 24.2. The van der Waals surface area contributed by atoms with Gasteiger partial charge in [-0.2, -0.15) is 0 Å². The first-order valence-electron chi connectivity index (χ1n) is 24.2. The van der Waals surface area contributed by atoms with Crippen molar-refractivity contribution in [3.8, 4) is 0 Å². The molecule has 1 unspecified atom stereocenters. The van der Waals surface area contributed by atoms with E-state index >= 15 is 0 Å². The van der Waals surface area contributed by atoms with Crippen molar-refractivity contribution in [1.29, 1.82) is 0 Å². The maximum Gasteiger partial charge on any atom is 0.306 e. The van der Waals surface area contributed by atoms with Gasteiger partial charge in [-0.1, -0.05) is 241 Å². The van der Waals surface area contributed by atoms with Gasteiger partial charge in [0.2, 0.25) is 0 Å². The predicted molar refractivity (Wildman–Crippen MR) is 251 cm³/mol. The van der Waals surface area contributed by atoms with Crippen molar-refractivity contribution in [3.63, 3.8) is 0 Å². The molecule has 6 heteroatoms. The van der Waals surface area contributed by atoms with Crippen LogP contribution in [0.4, 0.5) is 0 Å². The van der Waals surface area contributed by atoms with Crippen LogP contribution < -0.4 is 0 Å². The van der Waals surface area contributed by atoms with Gasteiger partial charge in [0.25, 0.3) is 0 Å². The van der Waals surface area contributed by atoms with E-state index in [0.29, 0.717) is 19.3 Å². The lowest BCUT2D eigenvalue weighted by Crippen LogP contribution is -2.30.